The van der Waals surface area contributed by atoms with Gasteiger partial charge in [-0.15, -0.1) is 0 Å². The topological polar surface area (TPSA) is 91.3 Å². The number of rotatable bonds is 24. The van der Waals surface area contributed by atoms with Gasteiger partial charge in [0.2, 0.25) is 0 Å². The molecule has 1 N–H and O–H groups in total. The van der Waals surface area contributed by atoms with Gasteiger partial charge in [-0.1, -0.05) is 52.4 Å². The number of hydrogen-bond donors (Lipinski definition) is 1. The van der Waals surface area contributed by atoms with Crippen molar-refractivity contribution < 1.29 is 31.9 Å². The van der Waals surface area contributed by atoms with Crippen LogP contribution in [0, 0.1) is 6.92 Å². The van der Waals surface area contributed by atoms with Crippen molar-refractivity contribution in [3.63, 3.8) is 0 Å². The van der Waals surface area contributed by atoms with Crippen LogP contribution in [0.5, 0.6) is 5.75 Å². The second-order valence-corrected chi connectivity index (χ2v) is 10.9. The third-order valence-electron chi connectivity index (χ3n) is 6.13. The Kier molecular flexibility index (Phi) is 19.0. The Morgan fingerprint density at radius 1 is 0.722 bits per heavy atom. The van der Waals surface area contributed by atoms with Gasteiger partial charge in [0.05, 0.1) is 38.8 Å². The zero-order valence-corrected chi connectivity index (χ0v) is 23.7. The Morgan fingerprint density at radius 3 is 1.92 bits per heavy atom. The smallest absolute Gasteiger partial charge is 0.264 e. The van der Waals surface area contributed by atoms with Crippen molar-refractivity contribution in [3.05, 3.63) is 28.8 Å². The zero-order valence-electron chi connectivity index (χ0n) is 22.9. The number of hydrogen-bond acceptors (Lipinski definition) is 6. The molecule has 0 heterocycles. The molecule has 1 rings (SSSR count). The van der Waals surface area contributed by atoms with E-state index in [4.69, 9.17) is 23.5 Å². The molecule has 0 radical (unpaired) electrons. The first-order chi connectivity index (χ1) is 17.4. The van der Waals surface area contributed by atoms with E-state index >= 15 is 0 Å². The molecule has 0 spiro atoms. The zero-order chi connectivity index (χ0) is 26.5. The SMILES string of the molecule is CCCCCCCCCc1c(C)cc(OCCOCCOCCOCCCCS(=O)(=O)O)cc1CC. The Hall–Kier alpha value is -1.19. The van der Waals surface area contributed by atoms with Gasteiger partial charge in [-0.05, 0) is 67.9 Å². The molecule has 36 heavy (non-hydrogen) atoms. The van der Waals surface area contributed by atoms with Gasteiger partial charge in [0.1, 0.15) is 12.4 Å². The van der Waals surface area contributed by atoms with Crippen molar-refractivity contribution in [2.24, 2.45) is 0 Å². The molecule has 0 aliphatic rings. The highest BCUT2D eigenvalue weighted by molar-refractivity contribution is 7.85. The lowest BCUT2D eigenvalue weighted by Gasteiger charge is -2.15. The minimum atomic E-state index is -3.87. The normalized spacial score (nSPS) is 11.8. The van der Waals surface area contributed by atoms with Crippen LogP contribution in [0.3, 0.4) is 0 Å². The molecule has 0 aliphatic heterocycles. The molecule has 210 valence electrons. The monoisotopic (exact) mass is 530 g/mol. The molecule has 0 atom stereocenters. The first-order valence-electron chi connectivity index (χ1n) is 13.8. The highest BCUT2D eigenvalue weighted by Gasteiger charge is 2.08. The lowest BCUT2D eigenvalue weighted by molar-refractivity contribution is 0.00896. The van der Waals surface area contributed by atoms with E-state index < -0.39 is 10.1 Å². The van der Waals surface area contributed by atoms with E-state index in [1.165, 1.54) is 61.6 Å². The molecule has 1 aromatic carbocycles. The predicted octanol–water partition coefficient (Wildman–Crippen LogP) is 5.95. The van der Waals surface area contributed by atoms with Crippen LogP contribution in [0.2, 0.25) is 0 Å². The minimum absolute atomic E-state index is 0.224. The van der Waals surface area contributed by atoms with Gasteiger partial charge in [0.15, 0.2) is 0 Å². The van der Waals surface area contributed by atoms with E-state index in [1.807, 2.05) is 0 Å². The van der Waals surface area contributed by atoms with E-state index in [-0.39, 0.29) is 5.75 Å². The second kappa shape index (κ2) is 20.8. The van der Waals surface area contributed by atoms with Gasteiger partial charge in [-0.25, -0.2) is 0 Å². The first-order valence-corrected chi connectivity index (χ1v) is 15.4. The maximum atomic E-state index is 10.6. The molecule has 0 saturated carbocycles. The summed E-state index contributed by atoms with van der Waals surface area (Å²) in [6, 6.07) is 4.34. The predicted molar refractivity (Wildman–Crippen MR) is 146 cm³/mol. The van der Waals surface area contributed by atoms with Crippen molar-refractivity contribution in [2.75, 3.05) is 52.0 Å². The van der Waals surface area contributed by atoms with Crippen LogP contribution in [-0.2, 0) is 37.2 Å². The van der Waals surface area contributed by atoms with Gasteiger partial charge < -0.3 is 18.9 Å². The summed E-state index contributed by atoms with van der Waals surface area (Å²) in [4.78, 5) is 0. The lowest BCUT2D eigenvalue weighted by atomic mass is 9.94. The number of ether oxygens (including phenoxy) is 4. The van der Waals surface area contributed by atoms with Crippen LogP contribution in [0.25, 0.3) is 0 Å². The fourth-order valence-corrected chi connectivity index (χ4v) is 4.69. The third-order valence-corrected chi connectivity index (χ3v) is 6.94. The van der Waals surface area contributed by atoms with Crippen molar-refractivity contribution >= 4 is 10.1 Å². The van der Waals surface area contributed by atoms with E-state index in [0.29, 0.717) is 59.1 Å². The van der Waals surface area contributed by atoms with E-state index in [2.05, 4.69) is 32.9 Å². The molecule has 7 nitrogen and oxygen atoms in total. The Balaban J connectivity index is 2.10. The van der Waals surface area contributed by atoms with Crippen LogP contribution in [0.4, 0.5) is 0 Å². The molecule has 0 saturated heterocycles. The van der Waals surface area contributed by atoms with Gasteiger partial charge >= 0.3 is 0 Å². The maximum Gasteiger partial charge on any atom is 0.264 e. The largest absolute Gasteiger partial charge is 0.491 e. The summed E-state index contributed by atoms with van der Waals surface area (Å²) in [6.45, 7) is 10.0. The summed E-state index contributed by atoms with van der Waals surface area (Å²) in [5, 5.41) is 0. The van der Waals surface area contributed by atoms with Crippen LogP contribution in [0.1, 0.15) is 88.3 Å². The molecular weight excluding hydrogens is 480 g/mol. The number of unbranched alkanes of at least 4 members (excludes halogenated alkanes) is 7. The highest BCUT2D eigenvalue weighted by Crippen LogP contribution is 2.25. The Bertz CT molecular complexity index is 780. The molecule has 0 bridgehead atoms. The molecular formula is C28H50O7S. The van der Waals surface area contributed by atoms with Gasteiger partial charge in [-0.3, -0.25) is 4.55 Å². The highest BCUT2D eigenvalue weighted by atomic mass is 32.2. The lowest BCUT2D eigenvalue weighted by Crippen LogP contribution is -2.13. The van der Waals surface area contributed by atoms with Crippen molar-refractivity contribution in [2.45, 2.75) is 91.4 Å². The van der Waals surface area contributed by atoms with Gasteiger partial charge in [0.25, 0.3) is 10.1 Å². The van der Waals surface area contributed by atoms with Crippen LogP contribution >= 0.6 is 0 Å². The van der Waals surface area contributed by atoms with Gasteiger partial charge in [0, 0.05) is 6.61 Å². The molecule has 0 fully saturated rings. The quantitative estimate of drug-likeness (QED) is 0.130. The first kappa shape index (κ1) is 32.8. The molecule has 0 amide bonds. The van der Waals surface area contributed by atoms with Crippen molar-refractivity contribution in [1.82, 2.24) is 0 Å². The molecule has 0 aliphatic carbocycles. The van der Waals surface area contributed by atoms with Gasteiger partial charge in [-0.2, -0.15) is 8.42 Å². The fourth-order valence-electron chi connectivity index (χ4n) is 4.12. The molecule has 8 heteroatoms. The summed E-state index contributed by atoms with van der Waals surface area (Å²) in [7, 11) is -3.87. The third kappa shape index (κ3) is 17.3. The van der Waals surface area contributed by atoms with Crippen LogP contribution in [-0.4, -0.2) is 65.0 Å². The average molecular weight is 531 g/mol. The number of benzene rings is 1. The Morgan fingerprint density at radius 2 is 1.31 bits per heavy atom. The molecule has 0 aromatic heterocycles. The second-order valence-electron chi connectivity index (χ2n) is 9.28. The van der Waals surface area contributed by atoms with Crippen molar-refractivity contribution in [3.8, 4) is 5.75 Å². The summed E-state index contributed by atoms with van der Waals surface area (Å²) < 4.78 is 52.2. The molecule has 0 unspecified atom stereocenters. The number of aryl methyl sites for hydroxylation is 2. The fraction of sp³-hybridized carbons (Fsp3) is 0.786. The Labute approximate surface area is 220 Å². The van der Waals surface area contributed by atoms with E-state index in [9.17, 15) is 8.42 Å². The maximum absolute atomic E-state index is 10.6. The minimum Gasteiger partial charge on any atom is -0.491 e. The summed E-state index contributed by atoms with van der Waals surface area (Å²) in [6.07, 6.45) is 12.5. The summed E-state index contributed by atoms with van der Waals surface area (Å²) >= 11 is 0. The average Bonchev–Trinajstić information content (AvgIpc) is 2.83. The summed E-state index contributed by atoms with van der Waals surface area (Å²) in [5.74, 6) is 0.694. The van der Waals surface area contributed by atoms with E-state index in [1.54, 1.807) is 0 Å². The van der Waals surface area contributed by atoms with Crippen molar-refractivity contribution in [1.29, 1.82) is 0 Å². The van der Waals surface area contributed by atoms with Crippen LogP contribution < -0.4 is 4.74 Å². The standard InChI is InChI=1S/C28H50O7S/c1-4-6-7-8-9-10-11-14-28-25(3)23-27(24-26(28)5-2)35-21-20-34-19-18-33-17-16-32-15-12-13-22-36(29,30)31/h23-24H,4-22H2,1-3H3,(H,29,30,31). The summed E-state index contributed by atoms with van der Waals surface area (Å²) in [5.41, 5.74) is 4.21. The molecule has 1 aromatic rings. The van der Waals surface area contributed by atoms with Crippen LogP contribution in [0.15, 0.2) is 12.1 Å². The van der Waals surface area contributed by atoms with E-state index in [0.717, 1.165) is 18.6 Å².